The second kappa shape index (κ2) is 4.78. The van der Waals surface area contributed by atoms with E-state index < -0.39 is 5.79 Å². The molecule has 1 aromatic carbocycles. The van der Waals surface area contributed by atoms with Gasteiger partial charge in [-0.25, -0.2) is 0 Å². The van der Waals surface area contributed by atoms with E-state index in [1.807, 2.05) is 31.2 Å². The molecule has 16 heavy (non-hydrogen) atoms. The monoisotopic (exact) mass is 236 g/mol. The molecule has 1 fully saturated rings. The molecule has 2 radical (unpaired) electrons. The lowest BCUT2D eigenvalue weighted by atomic mass is 9.90. The number of benzene rings is 1. The van der Waals surface area contributed by atoms with Crippen LogP contribution in [-0.2, 0) is 15.3 Å². The first-order valence-electron chi connectivity index (χ1n) is 5.35. The Morgan fingerprint density at radius 3 is 2.62 bits per heavy atom. The van der Waals surface area contributed by atoms with Crippen LogP contribution >= 0.6 is 11.6 Å². The average molecular weight is 237 g/mol. The lowest BCUT2D eigenvalue weighted by Crippen LogP contribution is -2.27. The zero-order valence-corrected chi connectivity index (χ0v) is 10.0. The maximum absolute atomic E-state index is 5.79. The van der Waals surface area contributed by atoms with Gasteiger partial charge in [0, 0.05) is 5.56 Å². The summed E-state index contributed by atoms with van der Waals surface area (Å²) in [5.74, 6) is -0.388. The Morgan fingerprint density at radius 1 is 1.44 bits per heavy atom. The minimum absolute atomic E-state index is 0.0773. The second-order valence-corrected chi connectivity index (χ2v) is 4.34. The van der Waals surface area contributed by atoms with Gasteiger partial charge in [0.05, 0.1) is 26.4 Å². The Bertz CT molecular complexity index is 355. The highest BCUT2D eigenvalue weighted by Crippen LogP contribution is 2.37. The number of ether oxygens (including phenoxy) is 2. The van der Waals surface area contributed by atoms with Gasteiger partial charge in [0.2, 0.25) is 0 Å². The van der Waals surface area contributed by atoms with Crippen molar-refractivity contribution in [2.45, 2.75) is 25.1 Å². The number of rotatable bonds is 3. The van der Waals surface area contributed by atoms with Crippen molar-refractivity contribution in [2.24, 2.45) is 0 Å². The first kappa shape index (κ1) is 12.0. The molecule has 0 amide bonds. The maximum atomic E-state index is 5.79. The summed E-state index contributed by atoms with van der Waals surface area (Å²) in [4.78, 5) is 0. The van der Waals surface area contributed by atoms with E-state index in [9.17, 15) is 0 Å². The van der Waals surface area contributed by atoms with Crippen molar-refractivity contribution in [3.05, 3.63) is 35.4 Å². The highest BCUT2D eigenvalue weighted by Gasteiger charge is 2.40. The fraction of sp³-hybridized carbons (Fsp3) is 0.500. The number of aryl methyl sites for hydroxylation is 1. The van der Waals surface area contributed by atoms with Crippen LogP contribution in [-0.4, -0.2) is 26.4 Å². The van der Waals surface area contributed by atoms with Gasteiger partial charge in [0.15, 0.2) is 5.79 Å². The van der Waals surface area contributed by atoms with Gasteiger partial charge >= 0.3 is 0 Å². The summed E-state index contributed by atoms with van der Waals surface area (Å²) in [5, 5.41) is 0. The fourth-order valence-electron chi connectivity index (χ4n) is 1.82. The number of alkyl halides is 1. The van der Waals surface area contributed by atoms with Gasteiger partial charge in [0.1, 0.15) is 0 Å². The summed E-state index contributed by atoms with van der Waals surface area (Å²) < 4.78 is 11.5. The van der Waals surface area contributed by atoms with Crippen molar-refractivity contribution in [1.29, 1.82) is 0 Å². The summed E-state index contributed by atoms with van der Waals surface area (Å²) in [5.41, 5.74) is 2.15. The van der Waals surface area contributed by atoms with Crippen LogP contribution < -0.4 is 0 Å². The Labute approximate surface area is 102 Å². The molecule has 1 saturated heterocycles. The van der Waals surface area contributed by atoms with Crippen molar-refractivity contribution in [3.63, 3.8) is 0 Å². The molecule has 0 aromatic heterocycles. The van der Waals surface area contributed by atoms with Crippen molar-refractivity contribution >= 4 is 19.4 Å². The third kappa shape index (κ3) is 2.12. The van der Waals surface area contributed by atoms with Gasteiger partial charge in [-0.3, -0.25) is 0 Å². The molecular weight excluding hydrogens is 222 g/mol. The Hall–Kier alpha value is -0.505. The quantitative estimate of drug-likeness (QED) is 0.593. The summed E-state index contributed by atoms with van der Waals surface area (Å²) in [7, 11) is 5.76. The molecule has 0 bridgehead atoms. The van der Waals surface area contributed by atoms with Gasteiger partial charge in [-0.2, -0.15) is 0 Å². The van der Waals surface area contributed by atoms with Crippen LogP contribution in [0.4, 0.5) is 0 Å². The summed E-state index contributed by atoms with van der Waals surface area (Å²) in [6, 6.07) is 8.01. The van der Waals surface area contributed by atoms with Gasteiger partial charge in [-0.05, 0) is 13.2 Å². The number of hydrogen-bond donors (Lipinski definition) is 0. The highest BCUT2D eigenvalue weighted by molar-refractivity contribution is 6.18. The van der Waals surface area contributed by atoms with E-state index >= 15 is 0 Å². The van der Waals surface area contributed by atoms with E-state index in [-0.39, 0.29) is 6.10 Å². The zero-order valence-electron chi connectivity index (χ0n) is 9.28. The Kier molecular flexibility index (Phi) is 3.58. The van der Waals surface area contributed by atoms with Crippen LogP contribution in [0, 0.1) is 6.92 Å². The van der Waals surface area contributed by atoms with E-state index in [1.54, 1.807) is 0 Å². The first-order valence-corrected chi connectivity index (χ1v) is 5.88. The number of halogens is 1. The molecule has 1 aromatic rings. The van der Waals surface area contributed by atoms with Gasteiger partial charge in [-0.1, -0.05) is 29.8 Å². The molecule has 1 heterocycles. The maximum Gasteiger partial charge on any atom is 0.187 e. The fourth-order valence-corrected chi connectivity index (χ4v) is 1.98. The summed E-state index contributed by atoms with van der Waals surface area (Å²) >= 11 is 5.76. The van der Waals surface area contributed by atoms with E-state index in [1.165, 1.54) is 5.56 Å². The van der Waals surface area contributed by atoms with Crippen molar-refractivity contribution in [1.82, 2.24) is 0 Å². The molecule has 0 unspecified atom stereocenters. The molecule has 84 valence electrons. The summed E-state index contributed by atoms with van der Waals surface area (Å²) in [6.07, 6.45) is 0.218. The SMILES string of the molecule is [B]C[C@@]1(c2ccc(C)cc2)OC[C@@H](CCl)O1. The minimum atomic E-state index is -0.812. The zero-order chi connectivity index (χ0) is 11.6. The third-order valence-corrected chi connectivity index (χ3v) is 3.14. The molecule has 2 atom stereocenters. The molecule has 0 N–H and O–H groups in total. The lowest BCUT2D eigenvalue weighted by Gasteiger charge is -2.27. The largest absolute Gasteiger partial charge is 0.344 e. The highest BCUT2D eigenvalue weighted by atomic mass is 35.5. The van der Waals surface area contributed by atoms with E-state index in [0.717, 1.165) is 5.56 Å². The van der Waals surface area contributed by atoms with E-state index in [0.29, 0.717) is 18.8 Å². The van der Waals surface area contributed by atoms with Crippen LogP contribution in [0.15, 0.2) is 24.3 Å². The molecule has 0 aliphatic carbocycles. The average Bonchev–Trinajstić information content (AvgIpc) is 2.75. The van der Waals surface area contributed by atoms with Gasteiger partial charge in [-0.15, -0.1) is 11.6 Å². The van der Waals surface area contributed by atoms with Crippen LogP contribution in [0.25, 0.3) is 0 Å². The molecule has 4 heteroatoms. The second-order valence-electron chi connectivity index (χ2n) is 4.03. The Morgan fingerprint density at radius 2 is 2.12 bits per heavy atom. The molecule has 1 aliphatic heterocycles. The van der Waals surface area contributed by atoms with Crippen LogP contribution in [0.3, 0.4) is 0 Å². The molecule has 2 nitrogen and oxygen atoms in total. The topological polar surface area (TPSA) is 18.5 Å². The molecule has 0 saturated carbocycles. The smallest absolute Gasteiger partial charge is 0.187 e. The first-order chi connectivity index (χ1) is 7.70. The summed E-state index contributed by atoms with van der Waals surface area (Å²) in [6.45, 7) is 2.53. The molecule has 2 rings (SSSR count). The standard InChI is InChI=1S/C12H14BClO2/c1-9-2-4-10(5-3-9)12(8-13)15-7-11(6-14)16-12/h2-5,11H,6-8H2,1H3/t11-,12-/m1/s1. The minimum Gasteiger partial charge on any atom is -0.344 e. The Balaban J connectivity index is 2.25. The van der Waals surface area contributed by atoms with E-state index in [2.05, 4.69) is 0 Å². The molecular formula is C12H14BClO2. The van der Waals surface area contributed by atoms with Crippen LogP contribution in [0.5, 0.6) is 0 Å². The van der Waals surface area contributed by atoms with Gasteiger partial charge in [0.25, 0.3) is 0 Å². The number of hydrogen-bond acceptors (Lipinski definition) is 2. The molecule has 1 aliphatic rings. The third-order valence-electron chi connectivity index (χ3n) is 2.79. The van der Waals surface area contributed by atoms with E-state index in [4.69, 9.17) is 28.9 Å². The normalized spacial score (nSPS) is 29.5. The van der Waals surface area contributed by atoms with Crippen molar-refractivity contribution < 1.29 is 9.47 Å². The van der Waals surface area contributed by atoms with Gasteiger partial charge < -0.3 is 9.47 Å². The molecule has 0 spiro atoms. The van der Waals surface area contributed by atoms with Crippen LogP contribution in [0.2, 0.25) is 6.32 Å². The predicted octanol–water partition coefficient (Wildman–Crippen LogP) is 2.39. The van der Waals surface area contributed by atoms with Crippen molar-refractivity contribution in [3.8, 4) is 0 Å². The van der Waals surface area contributed by atoms with Crippen LogP contribution in [0.1, 0.15) is 11.1 Å². The predicted molar refractivity (Wildman–Crippen MR) is 65.0 cm³/mol. The lowest BCUT2D eigenvalue weighted by molar-refractivity contribution is -0.158. The van der Waals surface area contributed by atoms with Crippen molar-refractivity contribution in [2.75, 3.05) is 12.5 Å².